The second-order valence-electron chi connectivity index (χ2n) is 6.71. The molecule has 1 amide bonds. The number of hydrogen-bond acceptors (Lipinski definition) is 5. The number of nitrogens with two attached hydrogens (primary N) is 2. The van der Waals surface area contributed by atoms with Crippen LogP contribution in [0.5, 0.6) is 0 Å². The van der Waals surface area contributed by atoms with Crippen LogP contribution in [0.25, 0.3) is 0 Å². The summed E-state index contributed by atoms with van der Waals surface area (Å²) in [6.45, 7) is 4.99. The van der Waals surface area contributed by atoms with E-state index in [0.717, 1.165) is 48.2 Å². The molecule has 0 aromatic rings. The van der Waals surface area contributed by atoms with Crippen LogP contribution in [0, 0.1) is 5.41 Å². The van der Waals surface area contributed by atoms with Gasteiger partial charge in [0.2, 0.25) is 6.41 Å². The highest BCUT2D eigenvalue weighted by Gasteiger charge is 2.28. The fourth-order valence-electron chi connectivity index (χ4n) is 2.92. The molecule has 0 radical (unpaired) electrons. The van der Waals surface area contributed by atoms with E-state index in [4.69, 9.17) is 15.4 Å². The summed E-state index contributed by atoms with van der Waals surface area (Å²) in [5.41, 5.74) is 13.4. The summed E-state index contributed by atoms with van der Waals surface area (Å²) in [6, 6.07) is 0. The zero-order valence-electron chi connectivity index (χ0n) is 14.4. The Morgan fingerprint density at radius 2 is 2.12 bits per heavy atom. The average molecular weight is 353 g/mol. The van der Waals surface area contributed by atoms with Crippen molar-refractivity contribution in [2.75, 3.05) is 6.54 Å². The molecule has 0 aromatic heterocycles. The van der Waals surface area contributed by atoms with Gasteiger partial charge < -0.3 is 16.4 Å². The number of carbonyl (C=O) groups is 1. The van der Waals surface area contributed by atoms with Crippen molar-refractivity contribution < 1.29 is 14.9 Å². The van der Waals surface area contributed by atoms with Gasteiger partial charge in [-0.05, 0) is 59.6 Å². The van der Waals surface area contributed by atoms with E-state index in [2.05, 4.69) is 44.4 Å². The van der Waals surface area contributed by atoms with Crippen LogP contribution in [0.2, 0.25) is 0 Å². The molecule has 0 spiro atoms. The zero-order valence-corrected chi connectivity index (χ0v) is 15.3. The van der Waals surface area contributed by atoms with Crippen molar-refractivity contribution in [3.8, 4) is 0 Å². The summed E-state index contributed by atoms with van der Waals surface area (Å²) >= 11 is 4.58. The van der Waals surface area contributed by atoms with Crippen molar-refractivity contribution in [1.82, 2.24) is 0 Å². The van der Waals surface area contributed by atoms with E-state index < -0.39 is 0 Å². The molecule has 2 aliphatic rings. The first kappa shape index (κ1) is 20.5. The fourth-order valence-corrected chi connectivity index (χ4v) is 3.22. The summed E-state index contributed by atoms with van der Waals surface area (Å²) in [7, 11) is 0. The first-order valence-electron chi connectivity index (χ1n) is 8.07. The van der Waals surface area contributed by atoms with Gasteiger partial charge in [0.15, 0.2) is 5.76 Å². The van der Waals surface area contributed by atoms with Crippen LogP contribution in [-0.4, -0.2) is 18.2 Å². The molecule has 0 atom stereocenters. The second-order valence-corrected chi connectivity index (χ2v) is 7.25. The molecule has 0 unspecified atom stereocenters. The van der Waals surface area contributed by atoms with Crippen molar-refractivity contribution in [3.63, 3.8) is 0 Å². The molecule has 5 N–H and O–H groups in total. The van der Waals surface area contributed by atoms with Gasteiger partial charge in [-0.1, -0.05) is 26.0 Å². The monoisotopic (exact) mass is 352 g/mol. The largest absolute Gasteiger partial charge is 0.372 e. The van der Waals surface area contributed by atoms with E-state index in [1.54, 1.807) is 0 Å². The number of thiol groups is 1. The maximum Gasteiger partial charge on any atom is 0.204 e. The Labute approximate surface area is 149 Å². The first-order chi connectivity index (χ1) is 11.4. The third-order valence-electron chi connectivity index (χ3n) is 4.29. The number of hydrogen-bond donors (Lipinski definition) is 4. The lowest BCUT2D eigenvalue weighted by Crippen LogP contribution is -2.19. The predicted molar refractivity (Wildman–Crippen MR) is 100 cm³/mol. The third kappa shape index (κ3) is 5.85. The van der Waals surface area contributed by atoms with E-state index in [-0.39, 0.29) is 11.8 Å². The molecular formula is C18H28N2O3S. The minimum absolute atomic E-state index is 0.201. The Kier molecular flexibility index (Phi) is 8.31. The van der Waals surface area contributed by atoms with E-state index in [9.17, 15) is 5.26 Å². The fraction of sp³-hybridized carbons (Fsp3) is 0.500. The van der Waals surface area contributed by atoms with Gasteiger partial charge in [0, 0.05) is 12.1 Å². The van der Waals surface area contributed by atoms with E-state index in [1.807, 2.05) is 6.08 Å². The quantitative estimate of drug-likeness (QED) is 0.205. The van der Waals surface area contributed by atoms with Crippen molar-refractivity contribution in [2.24, 2.45) is 16.9 Å². The lowest BCUT2D eigenvalue weighted by molar-refractivity contribution is -0.200. The summed E-state index contributed by atoms with van der Waals surface area (Å²) in [5.74, 6) is 0.500. The molecule has 2 aliphatic carbocycles. The highest BCUT2D eigenvalue weighted by Crippen LogP contribution is 2.43. The van der Waals surface area contributed by atoms with Gasteiger partial charge >= 0.3 is 0 Å². The highest BCUT2D eigenvalue weighted by atomic mass is 32.1. The van der Waals surface area contributed by atoms with Crippen LogP contribution in [0.15, 0.2) is 45.6 Å². The molecule has 134 valence electrons. The summed E-state index contributed by atoms with van der Waals surface area (Å²) in [5, 5.41) is 9.34. The van der Waals surface area contributed by atoms with Crippen LogP contribution in [0.4, 0.5) is 0 Å². The van der Waals surface area contributed by atoms with E-state index >= 15 is 0 Å². The number of rotatable bonds is 4. The Balaban J connectivity index is 0.000000891. The Bertz CT molecular complexity index is 575. The van der Waals surface area contributed by atoms with Gasteiger partial charge in [0.05, 0.1) is 0 Å². The lowest BCUT2D eigenvalue weighted by atomic mass is 9.76. The third-order valence-corrected chi connectivity index (χ3v) is 4.78. The molecule has 0 aromatic carbocycles. The molecule has 6 heteroatoms. The van der Waals surface area contributed by atoms with Crippen LogP contribution < -0.4 is 11.5 Å². The average Bonchev–Trinajstić information content (AvgIpc) is 2.56. The number of primary amides is 1. The van der Waals surface area contributed by atoms with Crippen molar-refractivity contribution in [3.05, 3.63) is 45.6 Å². The van der Waals surface area contributed by atoms with Crippen molar-refractivity contribution in [1.29, 1.82) is 0 Å². The molecule has 5 nitrogen and oxygen atoms in total. The minimum Gasteiger partial charge on any atom is -0.372 e. The maximum atomic E-state index is 9.34. The van der Waals surface area contributed by atoms with Gasteiger partial charge in [-0.25, -0.2) is 5.26 Å². The van der Waals surface area contributed by atoms with Crippen molar-refractivity contribution >= 4 is 19.0 Å². The van der Waals surface area contributed by atoms with Crippen molar-refractivity contribution in [2.45, 2.75) is 46.0 Å². The Hall–Kier alpha value is -1.50. The molecule has 0 bridgehead atoms. The molecule has 0 fully saturated rings. The van der Waals surface area contributed by atoms with Gasteiger partial charge in [-0.2, -0.15) is 0 Å². The minimum atomic E-state index is 0.201. The van der Waals surface area contributed by atoms with Crippen LogP contribution in [-0.2, 0) is 9.68 Å². The van der Waals surface area contributed by atoms with Crippen LogP contribution in [0.3, 0.4) is 0 Å². The number of carbonyl (C=O) groups excluding carboxylic acids is 1. The van der Waals surface area contributed by atoms with Gasteiger partial charge in [0.1, 0.15) is 0 Å². The normalized spacial score (nSPS) is 20.5. The maximum absolute atomic E-state index is 9.34. The number of allylic oxidation sites excluding steroid dienone is 6. The van der Waals surface area contributed by atoms with Crippen LogP contribution in [0.1, 0.15) is 46.0 Å². The molecular weight excluding hydrogens is 324 g/mol. The van der Waals surface area contributed by atoms with Gasteiger partial charge in [0.25, 0.3) is 0 Å². The van der Waals surface area contributed by atoms with Crippen LogP contribution >= 0.6 is 12.6 Å². The second kappa shape index (κ2) is 9.71. The molecule has 24 heavy (non-hydrogen) atoms. The Morgan fingerprint density at radius 3 is 2.71 bits per heavy atom. The standard InChI is InChI=1S/C17H25NO2S.CH3NO/c1-17(2)8-7-16(21)14(10-17)15(20-19)9-12-5-3-4-6-13(12)11-18;2-1-3/h3,5,9,19,21H,4,6-8,10-11,18H2,1-2H3;1H,(H2,2,3)/b15-9-;. The highest BCUT2D eigenvalue weighted by molar-refractivity contribution is 7.84. The summed E-state index contributed by atoms with van der Waals surface area (Å²) in [6.07, 6.45) is 11.2. The predicted octanol–water partition coefficient (Wildman–Crippen LogP) is 3.46. The topological polar surface area (TPSA) is 98.6 Å². The molecule has 0 aliphatic heterocycles. The molecule has 0 heterocycles. The lowest BCUT2D eigenvalue weighted by Gasteiger charge is -2.32. The number of amides is 1. The first-order valence-corrected chi connectivity index (χ1v) is 8.51. The smallest absolute Gasteiger partial charge is 0.204 e. The van der Waals surface area contributed by atoms with E-state index in [1.165, 1.54) is 5.57 Å². The van der Waals surface area contributed by atoms with Gasteiger partial charge in [-0.15, -0.1) is 12.6 Å². The zero-order chi connectivity index (χ0) is 18.2. The summed E-state index contributed by atoms with van der Waals surface area (Å²) < 4.78 is 0. The van der Waals surface area contributed by atoms with E-state index in [0.29, 0.717) is 12.3 Å². The molecule has 2 rings (SSSR count). The summed E-state index contributed by atoms with van der Waals surface area (Å²) in [4.78, 5) is 14.3. The molecule has 0 saturated carbocycles. The molecule has 0 saturated heterocycles. The SMILES string of the molecule is CC1(C)CCC(S)=C(/C(=C/C2=C(CN)CCC=C2)OO)C1.NC=O. The Morgan fingerprint density at radius 1 is 1.46 bits per heavy atom. The van der Waals surface area contributed by atoms with Gasteiger partial charge in [-0.3, -0.25) is 4.79 Å².